The molecule has 6 heteroatoms. The minimum Gasteiger partial charge on any atom is -0.502 e. The van der Waals surface area contributed by atoms with Crippen LogP contribution in [0.4, 0.5) is 0 Å². The third-order valence-electron chi connectivity index (χ3n) is 2.00. The zero-order chi connectivity index (χ0) is 12.8. The van der Waals surface area contributed by atoms with Gasteiger partial charge in [0.1, 0.15) is 12.0 Å². The second kappa shape index (κ2) is 6.05. The van der Waals surface area contributed by atoms with Gasteiger partial charge in [-0.3, -0.25) is 14.5 Å². The number of nitrogens with zero attached hydrogens (tertiary/aromatic N) is 1. The van der Waals surface area contributed by atoms with Gasteiger partial charge in [-0.15, -0.1) is 0 Å². The van der Waals surface area contributed by atoms with E-state index in [1.54, 1.807) is 18.9 Å². The van der Waals surface area contributed by atoms with Crippen LogP contribution in [-0.4, -0.2) is 36.2 Å². The Hall–Kier alpha value is -1.82. The van der Waals surface area contributed by atoms with Crippen LogP contribution >= 0.6 is 0 Å². The summed E-state index contributed by atoms with van der Waals surface area (Å²) in [7, 11) is 1.70. The molecular formula is C11H15NO5. The fraction of sp³-hybridized carbons (Fsp3) is 0.455. The summed E-state index contributed by atoms with van der Waals surface area (Å²) in [4.78, 5) is 23.9. The molecule has 6 nitrogen and oxygen atoms in total. The summed E-state index contributed by atoms with van der Waals surface area (Å²) in [6.45, 7) is 2.46. The van der Waals surface area contributed by atoms with Crippen molar-refractivity contribution in [3.8, 4) is 5.75 Å². The van der Waals surface area contributed by atoms with E-state index >= 15 is 0 Å². The van der Waals surface area contributed by atoms with Gasteiger partial charge in [-0.1, -0.05) is 0 Å². The molecule has 1 heterocycles. The van der Waals surface area contributed by atoms with Gasteiger partial charge < -0.3 is 14.3 Å². The number of hydrogen-bond acceptors (Lipinski definition) is 6. The van der Waals surface area contributed by atoms with Crippen LogP contribution in [0, 0.1) is 0 Å². The molecule has 17 heavy (non-hydrogen) atoms. The largest absolute Gasteiger partial charge is 0.502 e. The number of rotatable bonds is 5. The van der Waals surface area contributed by atoms with Gasteiger partial charge in [0.15, 0.2) is 5.75 Å². The Bertz CT molecular complexity index is 440. The first kappa shape index (κ1) is 13.2. The van der Waals surface area contributed by atoms with Crippen molar-refractivity contribution in [2.24, 2.45) is 0 Å². The fourth-order valence-electron chi connectivity index (χ4n) is 1.28. The highest BCUT2D eigenvalue weighted by Gasteiger charge is 2.09. The van der Waals surface area contributed by atoms with Gasteiger partial charge in [-0.25, -0.2) is 0 Å². The number of carbonyl (C=O) groups is 1. The summed E-state index contributed by atoms with van der Waals surface area (Å²) in [5, 5.41) is 9.00. The molecule has 0 aromatic carbocycles. The topological polar surface area (TPSA) is 80.0 Å². The van der Waals surface area contributed by atoms with Crippen molar-refractivity contribution in [2.45, 2.75) is 13.5 Å². The number of hydrogen-bond donors (Lipinski definition) is 1. The lowest BCUT2D eigenvalue weighted by molar-refractivity contribution is -0.144. The summed E-state index contributed by atoms with van der Waals surface area (Å²) in [5.74, 6) is -0.391. The Morgan fingerprint density at radius 2 is 2.29 bits per heavy atom. The van der Waals surface area contributed by atoms with Crippen LogP contribution in [0.15, 0.2) is 21.5 Å². The molecule has 0 saturated carbocycles. The number of ether oxygens (including phenoxy) is 1. The lowest BCUT2D eigenvalue weighted by Crippen LogP contribution is -2.27. The van der Waals surface area contributed by atoms with E-state index in [2.05, 4.69) is 0 Å². The van der Waals surface area contributed by atoms with Crippen LogP contribution in [-0.2, 0) is 16.1 Å². The normalized spacial score (nSPS) is 10.5. The van der Waals surface area contributed by atoms with Gasteiger partial charge in [-0.05, 0) is 14.0 Å². The lowest BCUT2D eigenvalue weighted by Gasteiger charge is -2.14. The van der Waals surface area contributed by atoms with E-state index < -0.39 is 11.2 Å². The molecule has 0 atom stereocenters. The molecule has 0 fully saturated rings. The van der Waals surface area contributed by atoms with E-state index in [4.69, 9.17) is 14.3 Å². The Morgan fingerprint density at radius 1 is 1.59 bits per heavy atom. The first-order valence-corrected chi connectivity index (χ1v) is 5.17. The van der Waals surface area contributed by atoms with Gasteiger partial charge in [0.2, 0.25) is 5.43 Å². The van der Waals surface area contributed by atoms with Crippen LogP contribution < -0.4 is 5.43 Å². The van der Waals surface area contributed by atoms with Crippen molar-refractivity contribution in [1.29, 1.82) is 0 Å². The Labute approximate surface area is 98.4 Å². The quantitative estimate of drug-likeness (QED) is 0.749. The standard InChI is InChI=1S/C11H15NO5/c1-3-16-11(15)6-12(2)5-8-4-9(13)10(14)7-17-8/h4,7,14H,3,5-6H2,1-2H3. The molecule has 0 spiro atoms. The number of likely N-dealkylation sites (N-methyl/N-ethyl adjacent to an activating group) is 1. The highest BCUT2D eigenvalue weighted by molar-refractivity contribution is 5.71. The minimum absolute atomic E-state index is 0.110. The lowest BCUT2D eigenvalue weighted by atomic mass is 10.3. The molecule has 1 aromatic rings. The first-order chi connectivity index (χ1) is 8.02. The predicted octanol–water partition coefficient (Wildman–Crippen LogP) is 0.340. The maximum atomic E-state index is 11.2. The highest BCUT2D eigenvalue weighted by Crippen LogP contribution is 2.05. The maximum absolute atomic E-state index is 11.2. The monoisotopic (exact) mass is 241 g/mol. The van der Waals surface area contributed by atoms with E-state index in [-0.39, 0.29) is 19.1 Å². The van der Waals surface area contributed by atoms with E-state index in [1.807, 2.05) is 0 Å². The third kappa shape index (κ3) is 4.28. The van der Waals surface area contributed by atoms with Crippen molar-refractivity contribution in [1.82, 2.24) is 4.90 Å². The minimum atomic E-state index is -0.504. The molecular weight excluding hydrogens is 226 g/mol. The summed E-state index contributed by atoms with van der Waals surface area (Å²) in [6, 6.07) is 1.19. The van der Waals surface area contributed by atoms with Crippen LogP contribution in [0.3, 0.4) is 0 Å². The van der Waals surface area contributed by atoms with Gasteiger partial charge in [-0.2, -0.15) is 0 Å². The van der Waals surface area contributed by atoms with Crippen LogP contribution in [0.5, 0.6) is 5.75 Å². The molecule has 0 amide bonds. The molecule has 0 bridgehead atoms. The molecule has 94 valence electrons. The molecule has 0 aliphatic heterocycles. The highest BCUT2D eigenvalue weighted by atomic mass is 16.5. The van der Waals surface area contributed by atoms with Crippen molar-refractivity contribution >= 4 is 5.97 Å². The number of esters is 1. The van der Waals surface area contributed by atoms with Crippen molar-refractivity contribution in [3.05, 3.63) is 28.3 Å². The average Bonchev–Trinajstić information content (AvgIpc) is 2.23. The SMILES string of the molecule is CCOC(=O)CN(C)Cc1cc(=O)c(O)co1. The molecule has 0 radical (unpaired) electrons. The van der Waals surface area contributed by atoms with Gasteiger partial charge in [0.25, 0.3) is 0 Å². The van der Waals surface area contributed by atoms with Crippen molar-refractivity contribution in [2.75, 3.05) is 20.2 Å². The second-order valence-corrected chi connectivity index (χ2v) is 3.57. The Balaban J connectivity index is 2.56. The van der Waals surface area contributed by atoms with Gasteiger partial charge >= 0.3 is 5.97 Å². The summed E-state index contributed by atoms with van der Waals surface area (Å²) >= 11 is 0. The van der Waals surface area contributed by atoms with Crippen molar-refractivity contribution in [3.63, 3.8) is 0 Å². The average molecular weight is 241 g/mol. The van der Waals surface area contributed by atoms with E-state index in [9.17, 15) is 9.59 Å². The fourth-order valence-corrected chi connectivity index (χ4v) is 1.28. The molecule has 0 saturated heterocycles. The van der Waals surface area contributed by atoms with Gasteiger partial charge in [0, 0.05) is 6.07 Å². The van der Waals surface area contributed by atoms with Crippen molar-refractivity contribution < 1.29 is 19.1 Å². The zero-order valence-electron chi connectivity index (χ0n) is 9.80. The molecule has 1 aromatic heterocycles. The molecule has 0 aliphatic rings. The van der Waals surface area contributed by atoms with E-state index in [0.717, 1.165) is 6.26 Å². The molecule has 0 unspecified atom stereocenters. The van der Waals surface area contributed by atoms with Crippen LogP contribution in [0.25, 0.3) is 0 Å². The number of carbonyl (C=O) groups excluding carboxylic acids is 1. The zero-order valence-corrected chi connectivity index (χ0v) is 9.80. The number of aromatic hydroxyl groups is 1. The summed E-state index contributed by atoms with van der Waals surface area (Å²) in [6.07, 6.45) is 0.982. The Kier molecular flexibility index (Phi) is 4.71. The smallest absolute Gasteiger partial charge is 0.320 e. The predicted molar refractivity (Wildman–Crippen MR) is 59.6 cm³/mol. The van der Waals surface area contributed by atoms with Crippen LogP contribution in [0.2, 0.25) is 0 Å². The summed E-state index contributed by atoms with van der Waals surface area (Å²) < 4.78 is 9.79. The third-order valence-corrected chi connectivity index (χ3v) is 2.00. The molecule has 1 N–H and O–H groups in total. The van der Waals surface area contributed by atoms with Crippen LogP contribution in [0.1, 0.15) is 12.7 Å². The first-order valence-electron chi connectivity index (χ1n) is 5.17. The van der Waals surface area contributed by atoms with E-state index in [0.29, 0.717) is 12.4 Å². The summed E-state index contributed by atoms with van der Waals surface area (Å²) in [5.41, 5.74) is -0.504. The second-order valence-electron chi connectivity index (χ2n) is 3.57. The molecule has 1 rings (SSSR count). The van der Waals surface area contributed by atoms with Gasteiger partial charge in [0.05, 0.1) is 19.7 Å². The van der Waals surface area contributed by atoms with E-state index in [1.165, 1.54) is 6.07 Å². The Morgan fingerprint density at radius 3 is 2.88 bits per heavy atom. The maximum Gasteiger partial charge on any atom is 0.320 e. The molecule has 0 aliphatic carbocycles.